The molecule has 1 rings (SSSR count). The van der Waals surface area contributed by atoms with Crippen molar-refractivity contribution in [3.8, 4) is 0 Å². The van der Waals surface area contributed by atoms with Gasteiger partial charge in [0.25, 0.3) is 0 Å². The maximum atomic E-state index is 10.8. The van der Waals surface area contributed by atoms with Gasteiger partial charge in [-0.05, 0) is 6.42 Å². The Kier molecular flexibility index (Phi) is 3.23. The van der Waals surface area contributed by atoms with Gasteiger partial charge in [-0.15, -0.1) is 0 Å². The van der Waals surface area contributed by atoms with Crippen molar-refractivity contribution in [2.45, 2.75) is 18.6 Å². The summed E-state index contributed by atoms with van der Waals surface area (Å²) < 4.78 is 0. The van der Waals surface area contributed by atoms with Crippen LogP contribution in [0.1, 0.15) is 12.8 Å². The third-order valence-corrected chi connectivity index (χ3v) is 2.07. The SMILES string of the molecule is NOCCCC1([N+](=O)[O-])NC=CN1N. The minimum atomic E-state index is -1.46. The van der Waals surface area contributed by atoms with Crippen LogP contribution in [0.15, 0.2) is 12.4 Å². The fourth-order valence-corrected chi connectivity index (χ4v) is 1.29. The highest BCUT2D eigenvalue weighted by Crippen LogP contribution is 2.20. The number of nitro groups is 1. The first-order chi connectivity index (χ1) is 6.63. The van der Waals surface area contributed by atoms with Crippen molar-refractivity contribution < 1.29 is 9.76 Å². The van der Waals surface area contributed by atoms with E-state index in [0.717, 1.165) is 5.01 Å². The highest BCUT2D eigenvalue weighted by atomic mass is 16.6. The molecule has 0 spiro atoms. The average molecular weight is 203 g/mol. The normalized spacial score (nSPS) is 25.1. The van der Waals surface area contributed by atoms with Crippen LogP contribution in [0.4, 0.5) is 0 Å². The van der Waals surface area contributed by atoms with Gasteiger partial charge in [-0.3, -0.25) is 10.1 Å². The molecular formula is C6H13N5O3. The Morgan fingerprint density at radius 2 is 2.43 bits per heavy atom. The lowest BCUT2D eigenvalue weighted by molar-refractivity contribution is -0.604. The predicted molar refractivity (Wildman–Crippen MR) is 47.4 cm³/mol. The van der Waals surface area contributed by atoms with Crippen LogP contribution < -0.4 is 17.1 Å². The first kappa shape index (κ1) is 10.7. The standard InChI is InChI=1S/C6H13N5O3/c7-10-4-3-9-6(10,11(12)13)2-1-5-14-8/h3-4,9H,1-2,5,7-8H2. The maximum Gasteiger partial charge on any atom is 0.387 e. The fourth-order valence-electron chi connectivity index (χ4n) is 1.29. The Morgan fingerprint density at radius 1 is 1.71 bits per heavy atom. The van der Waals surface area contributed by atoms with Crippen LogP contribution >= 0.6 is 0 Å². The second-order valence-corrected chi connectivity index (χ2v) is 2.92. The summed E-state index contributed by atoms with van der Waals surface area (Å²) in [5, 5.41) is 14.5. The molecule has 1 atom stereocenters. The van der Waals surface area contributed by atoms with Crippen molar-refractivity contribution in [2.24, 2.45) is 11.7 Å². The summed E-state index contributed by atoms with van der Waals surface area (Å²) in [5.74, 6) is 8.82. The van der Waals surface area contributed by atoms with Crippen LogP contribution in [0.2, 0.25) is 0 Å². The quantitative estimate of drug-likeness (QED) is 0.223. The van der Waals surface area contributed by atoms with Crippen molar-refractivity contribution in [1.82, 2.24) is 10.3 Å². The van der Waals surface area contributed by atoms with Crippen LogP contribution in [0.5, 0.6) is 0 Å². The van der Waals surface area contributed by atoms with Gasteiger partial charge in [0, 0.05) is 12.4 Å². The van der Waals surface area contributed by atoms with Crippen molar-refractivity contribution in [2.75, 3.05) is 6.61 Å². The van der Waals surface area contributed by atoms with E-state index >= 15 is 0 Å². The van der Waals surface area contributed by atoms with Gasteiger partial charge >= 0.3 is 5.79 Å². The zero-order chi connectivity index (χ0) is 10.6. The van der Waals surface area contributed by atoms with Crippen LogP contribution in [0, 0.1) is 10.1 Å². The molecule has 80 valence electrons. The van der Waals surface area contributed by atoms with Crippen molar-refractivity contribution in [1.29, 1.82) is 0 Å². The van der Waals surface area contributed by atoms with E-state index in [-0.39, 0.29) is 13.0 Å². The van der Waals surface area contributed by atoms with Gasteiger partial charge in [0.15, 0.2) is 0 Å². The van der Waals surface area contributed by atoms with Crippen LogP contribution in [-0.4, -0.2) is 22.3 Å². The second-order valence-electron chi connectivity index (χ2n) is 2.92. The first-order valence-electron chi connectivity index (χ1n) is 4.08. The highest BCUT2D eigenvalue weighted by Gasteiger charge is 2.48. The van der Waals surface area contributed by atoms with Gasteiger partial charge in [-0.1, -0.05) is 0 Å². The van der Waals surface area contributed by atoms with E-state index in [9.17, 15) is 10.1 Å². The third kappa shape index (κ3) is 1.76. The molecule has 1 aliphatic rings. The minimum absolute atomic E-state index is 0.209. The summed E-state index contributed by atoms with van der Waals surface area (Å²) in [6.45, 7) is 0.255. The topological polar surface area (TPSA) is 120 Å². The number of hydrogen-bond donors (Lipinski definition) is 3. The lowest BCUT2D eigenvalue weighted by Crippen LogP contribution is -2.60. The van der Waals surface area contributed by atoms with Gasteiger partial charge in [-0.25, -0.2) is 16.7 Å². The van der Waals surface area contributed by atoms with Crippen LogP contribution in [0.3, 0.4) is 0 Å². The molecule has 0 aromatic carbocycles. The molecule has 0 aliphatic carbocycles. The molecule has 0 radical (unpaired) electrons. The molecule has 0 bridgehead atoms. The Morgan fingerprint density at radius 3 is 2.86 bits per heavy atom. The summed E-state index contributed by atoms with van der Waals surface area (Å²) in [5.41, 5.74) is 0. The molecule has 0 fully saturated rings. The van der Waals surface area contributed by atoms with E-state index < -0.39 is 10.7 Å². The number of nitrogens with one attached hydrogen (secondary N) is 1. The Hall–Kier alpha value is -1.38. The third-order valence-electron chi connectivity index (χ3n) is 2.07. The summed E-state index contributed by atoms with van der Waals surface area (Å²) in [6.07, 6.45) is 3.50. The van der Waals surface area contributed by atoms with E-state index in [1.165, 1.54) is 12.4 Å². The Balaban J connectivity index is 2.60. The summed E-state index contributed by atoms with van der Waals surface area (Å²) in [7, 11) is 0. The molecule has 5 N–H and O–H groups in total. The molecule has 1 unspecified atom stereocenters. The van der Waals surface area contributed by atoms with E-state index in [1.54, 1.807) is 0 Å². The van der Waals surface area contributed by atoms with E-state index in [0.29, 0.717) is 6.42 Å². The molecule has 14 heavy (non-hydrogen) atoms. The lowest BCUT2D eigenvalue weighted by Gasteiger charge is -2.27. The molecule has 1 aliphatic heterocycles. The first-order valence-corrected chi connectivity index (χ1v) is 4.08. The fraction of sp³-hybridized carbons (Fsp3) is 0.667. The highest BCUT2D eigenvalue weighted by molar-refractivity contribution is 4.96. The Labute approximate surface area is 80.5 Å². The molecule has 0 saturated carbocycles. The largest absolute Gasteiger partial charge is 0.387 e. The maximum absolute atomic E-state index is 10.8. The zero-order valence-electron chi connectivity index (χ0n) is 7.55. The molecule has 0 amide bonds. The molecule has 8 nitrogen and oxygen atoms in total. The number of nitrogens with two attached hydrogens (primary N) is 2. The number of rotatable bonds is 5. The zero-order valence-corrected chi connectivity index (χ0v) is 7.55. The molecule has 0 aromatic heterocycles. The van der Waals surface area contributed by atoms with Crippen molar-refractivity contribution >= 4 is 0 Å². The molecule has 0 aromatic rings. The van der Waals surface area contributed by atoms with Gasteiger partial charge < -0.3 is 10.2 Å². The van der Waals surface area contributed by atoms with Gasteiger partial charge in [0.2, 0.25) is 0 Å². The Bertz CT molecular complexity index is 246. The van der Waals surface area contributed by atoms with E-state index in [1.807, 2.05) is 0 Å². The smallest absolute Gasteiger partial charge is 0.307 e. The number of hydrogen-bond acceptors (Lipinski definition) is 7. The average Bonchev–Trinajstić information content (AvgIpc) is 2.49. The van der Waals surface area contributed by atoms with Gasteiger partial charge in [0.05, 0.1) is 18.0 Å². The molecular weight excluding hydrogens is 190 g/mol. The van der Waals surface area contributed by atoms with E-state index in [2.05, 4.69) is 10.2 Å². The van der Waals surface area contributed by atoms with Gasteiger partial charge in [0.1, 0.15) is 0 Å². The van der Waals surface area contributed by atoms with E-state index in [4.69, 9.17) is 11.7 Å². The number of nitrogens with zero attached hydrogens (tertiary/aromatic N) is 2. The molecule has 1 heterocycles. The minimum Gasteiger partial charge on any atom is -0.307 e. The molecule has 8 heteroatoms. The second kappa shape index (κ2) is 4.22. The molecule has 0 saturated heterocycles. The summed E-state index contributed by atoms with van der Waals surface area (Å²) in [6, 6.07) is 0. The van der Waals surface area contributed by atoms with Crippen LogP contribution in [0.25, 0.3) is 0 Å². The monoisotopic (exact) mass is 203 g/mol. The predicted octanol–water partition coefficient (Wildman–Crippen LogP) is -1.16. The summed E-state index contributed by atoms with van der Waals surface area (Å²) >= 11 is 0. The number of hydrazine groups is 1. The van der Waals surface area contributed by atoms with Crippen molar-refractivity contribution in [3.63, 3.8) is 0 Å². The van der Waals surface area contributed by atoms with Crippen molar-refractivity contribution in [3.05, 3.63) is 22.5 Å². The van der Waals surface area contributed by atoms with Crippen LogP contribution in [-0.2, 0) is 4.84 Å². The van der Waals surface area contributed by atoms with Gasteiger partial charge in [-0.2, -0.15) is 0 Å². The summed E-state index contributed by atoms with van der Waals surface area (Å²) in [4.78, 5) is 14.7. The lowest BCUT2D eigenvalue weighted by atomic mass is 10.2.